The van der Waals surface area contributed by atoms with Crippen LogP contribution in [0.1, 0.15) is 23.4 Å². The van der Waals surface area contributed by atoms with Gasteiger partial charge in [0.25, 0.3) is 0 Å². The second-order valence-corrected chi connectivity index (χ2v) is 4.34. The minimum absolute atomic E-state index is 0.136. The smallest absolute Gasteiger partial charge is 0.0797 e. The number of aromatic nitrogens is 1. The summed E-state index contributed by atoms with van der Waals surface area (Å²) in [6.45, 7) is 2.05. The molecule has 3 heteroatoms. The number of hydrogen-bond donors (Lipinski definition) is 1. The van der Waals surface area contributed by atoms with Crippen molar-refractivity contribution in [3.63, 3.8) is 0 Å². The molecule has 11 heavy (non-hydrogen) atoms. The Labute approximate surface area is 70.5 Å². The van der Waals surface area contributed by atoms with Crippen LogP contribution in [0.5, 0.6) is 0 Å². The zero-order valence-electron chi connectivity index (χ0n) is 6.63. The van der Waals surface area contributed by atoms with Crippen molar-refractivity contribution in [2.75, 3.05) is 0 Å². The fraction of sp³-hybridized carbons (Fsp3) is 0.625. The average molecular weight is 168 g/mol. The molecule has 1 aromatic rings. The van der Waals surface area contributed by atoms with Crippen LogP contribution in [0.4, 0.5) is 0 Å². The maximum absolute atomic E-state index is 5.99. The predicted octanol–water partition coefficient (Wildman–Crippen LogP) is 1.49. The van der Waals surface area contributed by atoms with Gasteiger partial charge in [-0.15, -0.1) is 11.3 Å². The summed E-state index contributed by atoms with van der Waals surface area (Å²) in [6.07, 6.45) is 3.40. The minimum Gasteiger partial charge on any atom is -0.325 e. The highest BCUT2D eigenvalue weighted by Gasteiger charge is 2.38. The predicted molar refractivity (Wildman–Crippen MR) is 46.7 cm³/mol. The van der Waals surface area contributed by atoms with Gasteiger partial charge in [0, 0.05) is 16.8 Å². The molecular formula is C8H12N2S. The van der Waals surface area contributed by atoms with E-state index in [2.05, 4.69) is 11.9 Å². The van der Waals surface area contributed by atoms with Crippen molar-refractivity contribution >= 4 is 11.3 Å². The molecule has 2 nitrogen and oxygen atoms in total. The fourth-order valence-corrected chi connectivity index (χ4v) is 2.09. The Morgan fingerprint density at radius 2 is 2.45 bits per heavy atom. The molecule has 1 heterocycles. The van der Waals surface area contributed by atoms with Gasteiger partial charge in [0.1, 0.15) is 0 Å². The lowest BCUT2D eigenvalue weighted by Crippen LogP contribution is -2.24. The van der Waals surface area contributed by atoms with Crippen LogP contribution >= 0.6 is 11.3 Å². The molecule has 0 amide bonds. The van der Waals surface area contributed by atoms with Crippen LogP contribution in [0.2, 0.25) is 0 Å². The van der Waals surface area contributed by atoms with Crippen molar-refractivity contribution in [3.8, 4) is 0 Å². The summed E-state index contributed by atoms with van der Waals surface area (Å²) in [6, 6.07) is 0. The molecule has 1 fully saturated rings. The van der Waals surface area contributed by atoms with Crippen LogP contribution in [0.15, 0.2) is 5.51 Å². The molecular weight excluding hydrogens is 156 g/mol. The van der Waals surface area contributed by atoms with Gasteiger partial charge in [0.15, 0.2) is 0 Å². The molecule has 1 aliphatic rings. The van der Waals surface area contributed by atoms with E-state index in [4.69, 9.17) is 5.73 Å². The van der Waals surface area contributed by atoms with E-state index in [9.17, 15) is 0 Å². The van der Waals surface area contributed by atoms with E-state index in [0.717, 1.165) is 12.1 Å². The molecule has 1 saturated carbocycles. The summed E-state index contributed by atoms with van der Waals surface area (Å²) in [5.74, 6) is 0. The van der Waals surface area contributed by atoms with Crippen molar-refractivity contribution in [1.29, 1.82) is 0 Å². The van der Waals surface area contributed by atoms with Crippen LogP contribution in [0.3, 0.4) is 0 Å². The molecule has 60 valence electrons. The first kappa shape index (κ1) is 7.25. The summed E-state index contributed by atoms with van der Waals surface area (Å²) in [5.41, 5.74) is 9.18. The highest BCUT2D eigenvalue weighted by atomic mass is 32.1. The zero-order valence-corrected chi connectivity index (χ0v) is 7.45. The molecule has 1 aromatic heterocycles. The lowest BCUT2D eigenvalue weighted by Gasteiger charge is -2.05. The molecule has 0 spiro atoms. The summed E-state index contributed by atoms with van der Waals surface area (Å²) in [5, 5.41) is 0. The third kappa shape index (κ3) is 1.44. The van der Waals surface area contributed by atoms with Gasteiger partial charge in [-0.05, 0) is 19.8 Å². The first-order valence-electron chi connectivity index (χ1n) is 3.87. The Balaban J connectivity index is 2.12. The van der Waals surface area contributed by atoms with E-state index in [1.165, 1.54) is 17.7 Å². The first-order valence-corrected chi connectivity index (χ1v) is 4.75. The van der Waals surface area contributed by atoms with Gasteiger partial charge in [-0.3, -0.25) is 0 Å². The standard InChI is InChI=1S/C8H12N2S/c1-6-7(11-5-10-6)4-8(9)2-3-8/h5H,2-4,9H2,1H3. The van der Waals surface area contributed by atoms with E-state index in [1.54, 1.807) is 11.3 Å². The second kappa shape index (κ2) is 2.29. The van der Waals surface area contributed by atoms with E-state index >= 15 is 0 Å². The highest BCUT2D eigenvalue weighted by Crippen LogP contribution is 2.36. The van der Waals surface area contributed by atoms with Gasteiger partial charge >= 0.3 is 0 Å². The SMILES string of the molecule is Cc1ncsc1CC1(N)CC1. The Morgan fingerprint density at radius 1 is 1.73 bits per heavy atom. The van der Waals surface area contributed by atoms with Crippen LogP contribution < -0.4 is 5.73 Å². The topological polar surface area (TPSA) is 38.9 Å². The minimum atomic E-state index is 0.136. The summed E-state index contributed by atoms with van der Waals surface area (Å²) in [4.78, 5) is 5.56. The Bertz CT molecular complexity index is 263. The number of nitrogens with zero attached hydrogens (tertiary/aromatic N) is 1. The lowest BCUT2D eigenvalue weighted by atomic mass is 10.1. The maximum Gasteiger partial charge on any atom is 0.0797 e. The maximum atomic E-state index is 5.99. The molecule has 0 unspecified atom stereocenters. The Kier molecular flexibility index (Phi) is 1.51. The molecule has 0 atom stereocenters. The molecule has 1 aliphatic carbocycles. The number of hydrogen-bond acceptors (Lipinski definition) is 3. The van der Waals surface area contributed by atoms with Crippen molar-refractivity contribution < 1.29 is 0 Å². The highest BCUT2D eigenvalue weighted by molar-refractivity contribution is 7.09. The number of rotatable bonds is 2. The molecule has 0 aliphatic heterocycles. The van der Waals surface area contributed by atoms with Crippen LogP contribution in [0.25, 0.3) is 0 Å². The van der Waals surface area contributed by atoms with Gasteiger partial charge < -0.3 is 5.73 Å². The third-order valence-electron chi connectivity index (χ3n) is 2.25. The number of nitrogens with two attached hydrogens (primary N) is 1. The number of aryl methyl sites for hydroxylation is 1. The average Bonchev–Trinajstić information content (AvgIpc) is 2.54. The molecule has 2 N–H and O–H groups in total. The third-order valence-corrected chi connectivity index (χ3v) is 3.18. The van der Waals surface area contributed by atoms with Gasteiger partial charge in [-0.1, -0.05) is 0 Å². The van der Waals surface area contributed by atoms with Gasteiger partial charge in [-0.2, -0.15) is 0 Å². The monoisotopic (exact) mass is 168 g/mol. The quantitative estimate of drug-likeness (QED) is 0.726. The molecule has 0 bridgehead atoms. The van der Waals surface area contributed by atoms with Crippen LogP contribution in [-0.2, 0) is 6.42 Å². The normalized spacial score (nSPS) is 20.2. The van der Waals surface area contributed by atoms with Crippen LogP contribution in [-0.4, -0.2) is 10.5 Å². The summed E-state index contributed by atoms with van der Waals surface area (Å²) >= 11 is 1.73. The largest absolute Gasteiger partial charge is 0.325 e. The lowest BCUT2D eigenvalue weighted by molar-refractivity contribution is 0.676. The Morgan fingerprint density at radius 3 is 2.91 bits per heavy atom. The van der Waals surface area contributed by atoms with E-state index in [-0.39, 0.29) is 5.54 Å². The Hall–Kier alpha value is -0.410. The van der Waals surface area contributed by atoms with E-state index in [1.807, 2.05) is 5.51 Å². The van der Waals surface area contributed by atoms with Crippen molar-refractivity contribution in [2.24, 2.45) is 5.73 Å². The molecule has 0 aromatic carbocycles. The first-order chi connectivity index (χ1) is 5.20. The summed E-state index contributed by atoms with van der Waals surface area (Å²) < 4.78 is 0. The molecule has 0 radical (unpaired) electrons. The van der Waals surface area contributed by atoms with E-state index in [0.29, 0.717) is 0 Å². The van der Waals surface area contributed by atoms with Crippen LogP contribution in [0, 0.1) is 6.92 Å². The van der Waals surface area contributed by atoms with Gasteiger partial charge in [0.2, 0.25) is 0 Å². The molecule has 2 rings (SSSR count). The molecule has 0 saturated heterocycles. The van der Waals surface area contributed by atoms with Gasteiger partial charge in [0.05, 0.1) is 11.2 Å². The number of thiazole rings is 1. The van der Waals surface area contributed by atoms with Gasteiger partial charge in [-0.25, -0.2) is 4.98 Å². The zero-order chi connectivity index (χ0) is 7.90. The van der Waals surface area contributed by atoms with Crippen molar-refractivity contribution in [3.05, 3.63) is 16.1 Å². The second-order valence-electron chi connectivity index (χ2n) is 3.40. The fourth-order valence-electron chi connectivity index (χ4n) is 1.15. The van der Waals surface area contributed by atoms with Crippen molar-refractivity contribution in [2.45, 2.75) is 31.7 Å². The summed E-state index contributed by atoms with van der Waals surface area (Å²) in [7, 11) is 0. The van der Waals surface area contributed by atoms with Crippen molar-refractivity contribution in [1.82, 2.24) is 4.98 Å². The van der Waals surface area contributed by atoms with E-state index < -0.39 is 0 Å².